The largest absolute Gasteiger partial charge is 0.307 e. The summed E-state index contributed by atoms with van der Waals surface area (Å²) in [5.41, 5.74) is 0. The second-order valence-corrected chi connectivity index (χ2v) is 3.83. The molecule has 1 atom stereocenters. The lowest BCUT2D eigenvalue weighted by atomic mass is 10.1. The predicted octanol–water partition coefficient (Wildman–Crippen LogP) is 1.92. The maximum Gasteiger partial charge on any atom is 0.0480 e. The van der Waals surface area contributed by atoms with Gasteiger partial charge in [0.15, 0.2) is 0 Å². The van der Waals surface area contributed by atoms with Crippen molar-refractivity contribution >= 4 is 35.2 Å². The SMILES string of the molecule is CC(C)C(S)CNCI. The topological polar surface area (TPSA) is 12.0 Å². The molecular formula is C6H14INS. The van der Waals surface area contributed by atoms with Crippen molar-refractivity contribution in [3.8, 4) is 0 Å². The van der Waals surface area contributed by atoms with E-state index in [-0.39, 0.29) is 0 Å². The molecule has 0 saturated heterocycles. The normalized spacial score (nSPS) is 14.3. The Kier molecular flexibility index (Phi) is 6.47. The molecule has 0 aliphatic carbocycles. The van der Waals surface area contributed by atoms with Crippen molar-refractivity contribution in [2.45, 2.75) is 19.1 Å². The van der Waals surface area contributed by atoms with Crippen molar-refractivity contribution in [2.75, 3.05) is 11.1 Å². The predicted molar refractivity (Wildman–Crippen MR) is 54.5 cm³/mol. The quantitative estimate of drug-likeness (QED) is 0.340. The molecule has 1 nitrogen and oxygen atoms in total. The third-order valence-corrected chi connectivity index (χ3v) is 2.54. The third-order valence-electron chi connectivity index (χ3n) is 1.22. The minimum atomic E-state index is 0.500. The fourth-order valence-electron chi connectivity index (χ4n) is 0.438. The van der Waals surface area contributed by atoms with Crippen LogP contribution in [0.5, 0.6) is 0 Å². The summed E-state index contributed by atoms with van der Waals surface area (Å²) in [5, 5.41) is 3.74. The second kappa shape index (κ2) is 5.80. The van der Waals surface area contributed by atoms with E-state index in [0.717, 1.165) is 11.1 Å². The third kappa shape index (κ3) is 5.48. The summed E-state index contributed by atoms with van der Waals surface area (Å²) in [7, 11) is 0. The van der Waals surface area contributed by atoms with Gasteiger partial charge in [0, 0.05) is 16.3 Å². The van der Waals surface area contributed by atoms with E-state index in [2.05, 4.69) is 54.4 Å². The molecule has 0 aromatic rings. The van der Waals surface area contributed by atoms with Crippen LogP contribution in [0, 0.1) is 5.92 Å². The van der Waals surface area contributed by atoms with Gasteiger partial charge in [-0.1, -0.05) is 36.4 Å². The summed E-state index contributed by atoms with van der Waals surface area (Å²) in [6, 6.07) is 0. The Morgan fingerprint density at radius 3 is 2.44 bits per heavy atom. The number of thiol groups is 1. The highest BCUT2D eigenvalue weighted by Gasteiger charge is 2.05. The van der Waals surface area contributed by atoms with Crippen molar-refractivity contribution in [1.29, 1.82) is 0 Å². The van der Waals surface area contributed by atoms with Crippen LogP contribution in [-0.2, 0) is 0 Å². The number of alkyl halides is 1. The molecule has 1 unspecified atom stereocenters. The van der Waals surface area contributed by atoms with Crippen LogP contribution in [0.1, 0.15) is 13.8 Å². The first kappa shape index (κ1) is 10.0. The number of hydrogen-bond acceptors (Lipinski definition) is 2. The molecule has 0 bridgehead atoms. The van der Waals surface area contributed by atoms with Crippen molar-refractivity contribution in [3.63, 3.8) is 0 Å². The second-order valence-electron chi connectivity index (χ2n) is 2.40. The van der Waals surface area contributed by atoms with E-state index in [0.29, 0.717) is 11.2 Å². The molecule has 0 aliphatic heterocycles. The van der Waals surface area contributed by atoms with Gasteiger partial charge >= 0.3 is 0 Å². The standard InChI is InChI=1S/C6H14INS/c1-5(2)6(9)3-8-4-7/h5-6,8-9H,3-4H2,1-2H3. The lowest BCUT2D eigenvalue weighted by Crippen LogP contribution is -2.25. The van der Waals surface area contributed by atoms with E-state index in [1.807, 2.05) is 0 Å². The first-order valence-electron chi connectivity index (χ1n) is 3.13. The molecule has 0 heterocycles. The first-order chi connectivity index (χ1) is 4.18. The molecular weight excluding hydrogens is 245 g/mol. The van der Waals surface area contributed by atoms with E-state index in [1.54, 1.807) is 0 Å². The van der Waals surface area contributed by atoms with Crippen LogP contribution in [0.2, 0.25) is 0 Å². The molecule has 0 amide bonds. The van der Waals surface area contributed by atoms with E-state index in [1.165, 1.54) is 0 Å². The Balaban J connectivity index is 3.16. The molecule has 56 valence electrons. The van der Waals surface area contributed by atoms with Crippen LogP contribution in [0.3, 0.4) is 0 Å². The Morgan fingerprint density at radius 2 is 2.11 bits per heavy atom. The smallest absolute Gasteiger partial charge is 0.0480 e. The van der Waals surface area contributed by atoms with Gasteiger partial charge in [0.05, 0.1) is 0 Å². The van der Waals surface area contributed by atoms with E-state index >= 15 is 0 Å². The van der Waals surface area contributed by atoms with Gasteiger partial charge in [-0.25, -0.2) is 0 Å². The van der Waals surface area contributed by atoms with Crippen LogP contribution in [-0.4, -0.2) is 16.3 Å². The minimum absolute atomic E-state index is 0.500. The Morgan fingerprint density at radius 1 is 1.56 bits per heavy atom. The Labute approximate surface area is 76.5 Å². The maximum atomic E-state index is 4.39. The number of rotatable bonds is 4. The average Bonchev–Trinajstić information content (AvgIpc) is 1.82. The van der Waals surface area contributed by atoms with Crippen LogP contribution in [0.4, 0.5) is 0 Å². The highest BCUT2D eigenvalue weighted by atomic mass is 127. The van der Waals surface area contributed by atoms with Crippen LogP contribution in [0.15, 0.2) is 0 Å². The summed E-state index contributed by atoms with van der Waals surface area (Å²) in [6.45, 7) is 5.39. The Hall–Kier alpha value is 1.04. The molecule has 0 rings (SSSR count). The zero-order valence-corrected chi connectivity index (χ0v) is 8.95. The van der Waals surface area contributed by atoms with Crippen molar-refractivity contribution in [3.05, 3.63) is 0 Å². The van der Waals surface area contributed by atoms with Gasteiger partial charge in [0.25, 0.3) is 0 Å². The molecule has 0 spiro atoms. The molecule has 9 heavy (non-hydrogen) atoms. The van der Waals surface area contributed by atoms with Gasteiger partial charge in [-0.2, -0.15) is 12.6 Å². The van der Waals surface area contributed by atoms with Crippen molar-refractivity contribution in [2.24, 2.45) is 5.92 Å². The number of halogens is 1. The van der Waals surface area contributed by atoms with Gasteiger partial charge in [0.1, 0.15) is 0 Å². The van der Waals surface area contributed by atoms with Crippen LogP contribution < -0.4 is 5.32 Å². The summed E-state index contributed by atoms with van der Waals surface area (Å²) in [6.07, 6.45) is 0. The van der Waals surface area contributed by atoms with Gasteiger partial charge in [-0.3, -0.25) is 0 Å². The Bertz CT molecular complexity index is 68.1. The molecule has 0 saturated carbocycles. The fourth-order valence-corrected chi connectivity index (χ4v) is 0.879. The summed E-state index contributed by atoms with van der Waals surface area (Å²) < 4.78 is 1.02. The zero-order chi connectivity index (χ0) is 7.28. The molecule has 0 aromatic carbocycles. The van der Waals surface area contributed by atoms with E-state index in [4.69, 9.17) is 0 Å². The average molecular weight is 259 g/mol. The van der Waals surface area contributed by atoms with Crippen molar-refractivity contribution in [1.82, 2.24) is 5.32 Å². The van der Waals surface area contributed by atoms with Crippen LogP contribution in [0.25, 0.3) is 0 Å². The monoisotopic (exact) mass is 259 g/mol. The fraction of sp³-hybridized carbons (Fsp3) is 1.00. The molecule has 0 radical (unpaired) electrons. The summed E-state index contributed by atoms with van der Waals surface area (Å²) in [5.74, 6) is 0.670. The van der Waals surface area contributed by atoms with Crippen LogP contribution >= 0.6 is 35.2 Å². The maximum absolute atomic E-state index is 4.39. The summed E-state index contributed by atoms with van der Waals surface area (Å²) in [4.78, 5) is 0. The highest BCUT2D eigenvalue weighted by molar-refractivity contribution is 14.1. The zero-order valence-electron chi connectivity index (χ0n) is 5.89. The molecule has 0 aliphatic rings. The highest BCUT2D eigenvalue weighted by Crippen LogP contribution is 2.06. The number of hydrogen-bond donors (Lipinski definition) is 2. The van der Waals surface area contributed by atoms with E-state index < -0.39 is 0 Å². The molecule has 0 fully saturated rings. The first-order valence-corrected chi connectivity index (χ1v) is 5.17. The van der Waals surface area contributed by atoms with Gasteiger partial charge in [-0.15, -0.1) is 0 Å². The number of nitrogens with one attached hydrogen (secondary N) is 1. The van der Waals surface area contributed by atoms with Crippen molar-refractivity contribution < 1.29 is 0 Å². The lowest BCUT2D eigenvalue weighted by molar-refractivity contribution is 0.580. The minimum Gasteiger partial charge on any atom is -0.307 e. The van der Waals surface area contributed by atoms with Gasteiger partial charge in [-0.05, 0) is 5.92 Å². The summed E-state index contributed by atoms with van der Waals surface area (Å²) >= 11 is 6.69. The van der Waals surface area contributed by atoms with Gasteiger partial charge in [0.2, 0.25) is 0 Å². The molecule has 0 aromatic heterocycles. The molecule has 1 N–H and O–H groups in total. The van der Waals surface area contributed by atoms with E-state index in [9.17, 15) is 0 Å². The molecule has 3 heteroatoms. The van der Waals surface area contributed by atoms with Gasteiger partial charge < -0.3 is 5.32 Å². The lowest BCUT2D eigenvalue weighted by Gasteiger charge is -2.13.